The number of sulfone groups is 1. The molecule has 2 atom stereocenters. The van der Waals surface area contributed by atoms with Crippen molar-refractivity contribution in [2.24, 2.45) is 0 Å². The van der Waals surface area contributed by atoms with Crippen molar-refractivity contribution >= 4 is 27.6 Å². The highest BCUT2D eigenvalue weighted by Gasteiger charge is 2.47. The fourth-order valence-electron chi connectivity index (χ4n) is 2.92. The molecule has 0 radical (unpaired) electrons. The van der Waals surface area contributed by atoms with E-state index >= 15 is 0 Å². The highest BCUT2D eigenvalue weighted by molar-refractivity contribution is 7.91. The maximum Gasteiger partial charge on any atom is 0.471 e. The molecule has 0 spiro atoms. The van der Waals surface area contributed by atoms with Gasteiger partial charge in [-0.1, -0.05) is 0 Å². The Labute approximate surface area is 142 Å². The number of amides is 3. The number of nitrogens with zero attached hydrogens (tertiary/aromatic N) is 1. The van der Waals surface area contributed by atoms with E-state index in [1.54, 1.807) is 0 Å². The van der Waals surface area contributed by atoms with Gasteiger partial charge in [-0.2, -0.15) is 13.2 Å². The minimum atomic E-state index is -5.06. The lowest BCUT2D eigenvalue weighted by atomic mass is 10.2. The van der Waals surface area contributed by atoms with E-state index in [-0.39, 0.29) is 37.3 Å². The molecule has 2 fully saturated rings. The Hall–Kier alpha value is -1.85. The van der Waals surface area contributed by atoms with Crippen LogP contribution in [0.4, 0.5) is 13.2 Å². The van der Waals surface area contributed by atoms with Crippen LogP contribution in [0.3, 0.4) is 0 Å². The molecule has 8 nitrogen and oxygen atoms in total. The van der Waals surface area contributed by atoms with E-state index in [0.29, 0.717) is 4.90 Å². The summed E-state index contributed by atoms with van der Waals surface area (Å²) < 4.78 is 60.1. The van der Waals surface area contributed by atoms with Crippen LogP contribution in [0.1, 0.15) is 19.3 Å². The van der Waals surface area contributed by atoms with Crippen LogP contribution in [0.15, 0.2) is 0 Å². The van der Waals surface area contributed by atoms with Crippen LogP contribution < -0.4 is 10.6 Å². The zero-order chi connectivity index (χ0) is 18.8. The molecule has 0 aliphatic carbocycles. The van der Waals surface area contributed by atoms with Gasteiger partial charge < -0.3 is 15.5 Å². The van der Waals surface area contributed by atoms with Gasteiger partial charge in [0.2, 0.25) is 11.8 Å². The fourth-order valence-corrected chi connectivity index (χ4v) is 4.59. The summed E-state index contributed by atoms with van der Waals surface area (Å²) in [6.07, 6.45) is -4.45. The number of rotatable bonds is 4. The molecule has 2 saturated heterocycles. The molecule has 2 aliphatic rings. The van der Waals surface area contributed by atoms with E-state index in [2.05, 4.69) is 10.6 Å². The summed E-state index contributed by atoms with van der Waals surface area (Å²) in [7, 11) is -3.17. The van der Waals surface area contributed by atoms with Crippen molar-refractivity contribution in [3.63, 3.8) is 0 Å². The quantitative estimate of drug-likeness (QED) is 0.642. The molecule has 0 aromatic rings. The maximum atomic E-state index is 12.5. The van der Waals surface area contributed by atoms with E-state index < -0.39 is 52.4 Å². The van der Waals surface area contributed by atoms with Gasteiger partial charge in [0.25, 0.3) is 0 Å². The first-order chi connectivity index (χ1) is 11.5. The highest BCUT2D eigenvalue weighted by Crippen LogP contribution is 2.25. The van der Waals surface area contributed by atoms with Gasteiger partial charge in [-0.15, -0.1) is 0 Å². The van der Waals surface area contributed by atoms with Crippen LogP contribution in [0.5, 0.6) is 0 Å². The number of alkyl halides is 3. The van der Waals surface area contributed by atoms with E-state index in [9.17, 15) is 36.0 Å². The fraction of sp³-hybridized carbons (Fsp3) is 0.769. The molecule has 2 unspecified atom stereocenters. The molecule has 12 heteroatoms. The molecule has 0 aromatic heterocycles. The van der Waals surface area contributed by atoms with Gasteiger partial charge in [-0.25, -0.2) is 8.42 Å². The number of halogens is 3. The number of carbonyl (C=O) groups is 3. The molecule has 142 valence electrons. The van der Waals surface area contributed by atoms with Crippen LogP contribution in [0.25, 0.3) is 0 Å². The molecule has 0 bridgehead atoms. The SMILES string of the molecule is O=C(CNC(=O)C1CCCN1C(=O)C(F)(F)F)NC1CCS(=O)(=O)C1. The second-order valence-corrected chi connectivity index (χ2v) is 8.27. The lowest BCUT2D eigenvalue weighted by Gasteiger charge is -2.24. The topological polar surface area (TPSA) is 113 Å². The zero-order valence-electron chi connectivity index (χ0n) is 13.1. The van der Waals surface area contributed by atoms with Gasteiger partial charge in [0.15, 0.2) is 9.84 Å². The van der Waals surface area contributed by atoms with Crippen molar-refractivity contribution in [2.75, 3.05) is 24.6 Å². The Bertz CT molecular complexity index is 664. The summed E-state index contributed by atoms with van der Waals surface area (Å²) in [4.78, 5) is 35.5. The van der Waals surface area contributed by atoms with Crippen molar-refractivity contribution in [1.82, 2.24) is 15.5 Å². The van der Waals surface area contributed by atoms with Gasteiger partial charge in [0.05, 0.1) is 18.1 Å². The monoisotopic (exact) mass is 385 g/mol. The van der Waals surface area contributed by atoms with Gasteiger partial charge in [0.1, 0.15) is 6.04 Å². The summed E-state index contributed by atoms with van der Waals surface area (Å²) in [6.45, 7) is -0.678. The van der Waals surface area contributed by atoms with Crippen molar-refractivity contribution < 1.29 is 36.0 Å². The molecular weight excluding hydrogens is 367 g/mol. The average molecular weight is 385 g/mol. The summed E-state index contributed by atoms with van der Waals surface area (Å²) in [5, 5.41) is 4.64. The van der Waals surface area contributed by atoms with Crippen molar-refractivity contribution in [1.29, 1.82) is 0 Å². The predicted molar refractivity (Wildman–Crippen MR) is 79.0 cm³/mol. The molecule has 3 amide bonds. The first-order valence-corrected chi connectivity index (χ1v) is 9.47. The second-order valence-electron chi connectivity index (χ2n) is 6.04. The smallest absolute Gasteiger partial charge is 0.351 e. The lowest BCUT2D eigenvalue weighted by Crippen LogP contribution is -2.52. The second kappa shape index (κ2) is 7.18. The van der Waals surface area contributed by atoms with Gasteiger partial charge in [-0.3, -0.25) is 14.4 Å². The normalized spacial score (nSPS) is 25.6. The summed E-state index contributed by atoms with van der Waals surface area (Å²) in [5.74, 6) is -3.76. The Morgan fingerprint density at radius 3 is 2.40 bits per heavy atom. The van der Waals surface area contributed by atoms with E-state index in [1.807, 2.05) is 0 Å². The molecule has 2 rings (SSSR count). The number of hydrogen-bond donors (Lipinski definition) is 2. The van der Waals surface area contributed by atoms with E-state index in [0.717, 1.165) is 0 Å². The lowest BCUT2D eigenvalue weighted by molar-refractivity contribution is -0.186. The maximum absolute atomic E-state index is 12.5. The first kappa shape index (κ1) is 19.5. The minimum Gasteiger partial charge on any atom is -0.351 e. The Morgan fingerprint density at radius 2 is 1.84 bits per heavy atom. The van der Waals surface area contributed by atoms with Gasteiger partial charge >= 0.3 is 12.1 Å². The molecule has 0 aromatic carbocycles. The molecular formula is C13H18F3N3O5S. The molecule has 2 aliphatic heterocycles. The summed E-state index contributed by atoms with van der Waals surface area (Å²) in [6, 6.07) is -1.81. The van der Waals surface area contributed by atoms with E-state index in [4.69, 9.17) is 0 Å². The van der Waals surface area contributed by atoms with Crippen LogP contribution >= 0.6 is 0 Å². The Kier molecular flexibility index (Phi) is 5.59. The summed E-state index contributed by atoms with van der Waals surface area (Å²) in [5.41, 5.74) is 0. The standard InChI is InChI=1S/C13H18F3N3O5S/c14-13(15,16)12(22)19-4-1-2-9(19)11(21)17-6-10(20)18-8-3-5-25(23,24)7-8/h8-9H,1-7H2,(H,17,21)(H,18,20). The van der Waals surface area contributed by atoms with Crippen LogP contribution in [-0.2, 0) is 24.2 Å². The number of nitrogens with one attached hydrogen (secondary N) is 2. The molecule has 0 saturated carbocycles. The number of likely N-dealkylation sites (tertiary alicyclic amines) is 1. The van der Waals surface area contributed by atoms with Crippen molar-refractivity contribution in [2.45, 2.75) is 37.5 Å². The van der Waals surface area contributed by atoms with E-state index in [1.165, 1.54) is 0 Å². The molecule has 25 heavy (non-hydrogen) atoms. The van der Waals surface area contributed by atoms with Crippen LogP contribution in [0.2, 0.25) is 0 Å². The Balaban J connectivity index is 1.83. The van der Waals surface area contributed by atoms with Crippen LogP contribution in [-0.4, -0.2) is 73.9 Å². The molecule has 2 N–H and O–H groups in total. The Morgan fingerprint density at radius 1 is 1.16 bits per heavy atom. The zero-order valence-corrected chi connectivity index (χ0v) is 14.0. The number of carbonyl (C=O) groups excluding carboxylic acids is 3. The first-order valence-electron chi connectivity index (χ1n) is 7.65. The molecule has 2 heterocycles. The van der Waals surface area contributed by atoms with Gasteiger partial charge in [-0.05, 0) is 19.3 Å². The summed E-state index contributed by atoms with van der Waals surface area (Å²) >= 11 is 0. The largest absolute Gasteiger partial charge is 0.471 e. The average Bonchev–Trinajstić information content (AvgIpc) is 3.09. The van der Waals surface area contributed by atoms with Crippen molar-refractivity contribution in [3.8, 4) is 0 Å². The van der Waals surface area contributed by atoms with Crippen molar-refractivity contribution in [3.05, 3.63) is 0 Å². The predicted octanol–water partition coefficient (Wildman–Crippen LogP) is -1.04. The van der Waals surface area contributed by atoms with Crippen LogP contribution in [0, 0.1) is 0 Å². The number of hydrogen-bond acceptors (Lipinski definition) is 5. The third-order valence-electron chi connectivity index (χ3n) is 4.08. The van der Waals surface area contributed by atoms with Gasteiger partial charge in [0, 0.05) is 12.6 Å². The highest BCUT2D eigenvalue weighted by atomic mass is 32.2. The third-order valence-corrected chi connectivity index (χ3v) is 5.85. The minimum absolute atomic E-state index is 0.0269. The third kappa shape index (κ3) is 5.06.